The molecule has 0 spiro atoms. The van der Waals surface area contributed by atoms with E-state index in [2.05, 4.69) is 4.98 Å². The molecule has 4 rings (SSSR count). The number of carbonyl (C=O) groups excluding carboxylic acids is 1. The van der Waals surface area contributed by atoms with E-state index in [-0.39, 0.29) is 11.8 Å². The van der Waals surface area contributed by atoms with Crippen molar-refractivity contribution >= 4 is 28.2 Å². The molecule has 0 aliphatic heterocycles. The smallest absolute Gasteiger partial charge is 0.230 e. The molecule has 28 heavy (non-hydrogen) atoms. The minimum atomic E-state index is -0.254. The van der Waals surface area contributed by atoms with Crippen LogP contribution < -0.4 is 0 Å². The Morgan fingerprint density at radius 1 is 1.04 bits per heavy atom. The van der Waals surface area contributed by atoms with Gasteiger partial charge in [-0.05, 0) is 30.7 Å². The van der Waals surface area contributed by atoms with Gasteiger partial charge in [-0.15, -0.1) is 0 Å². The normalized spacial score (nSPS) is 11.7. The SMILES string of the molecule is CC(=O)n1c(O)c(C(=Nc2ccncc2)c2ccccc2)c2ccc(C)cc21. The third-order valence-electron chi connectivity index (χ3n) is 4.60. The highest BCUT2D eigenvalue weighted by atomic mass is 16.3. The summed E-state index contributed by atoms with van der Waals surface area (Å²) in [7, 11) is 0. The van der Waals surface area contributed by atoms with Crippen molar-refractivity contribution in [3.05, 3.63) is 89.7 Å². The number of hydrogen-bond acceptors (Lipinski definition) is 4. The maximum Gasteiger partial charge on any atom is 0.230 e. The molecule has 5 heteroatoms. The van der Waals surface area contributed by atoms with Crippen molar-refractivity contribution in [2.45, 2.75) is 13.8 Å². The number of rotatable bonds is 3. The van der Waals surface area contributed by atoms with Gasteiger partial charge in [0.2, 0.25) is 11.8 Å². The van der Waals surface area contributed by atoms with Gasteiger partial charge >= 0.3 is 0 Å². The molecule has 0 radical (unpaired) electrons. The van der Waals surface area contributed by atoms with Gasteiger partial charge in [0, 0.05) is 30.3 Å². The van der Waals surface area contributed by atoms with Crippen molar-refractivity contribution in [1.82, 2.24) is 9.55 Å². The summed E-state index contributed by atoms with van der Waals surface area (Å²) in [5.41, 5.74) is 4.36. The second-order valence-corrected chi connectivity index (χ2v) is 6.61. The third kappa shape index (κ3) is 3.07. The molecular formula is C23H19N3O2. The number of carbonyl (C=O) groups is 1. The highest BCUT2D eigenvalue weighted by molar-refractivity contribution is 6.23. The second kappa shape index (κ2) is 7.12. The van der Waals surface area contributed by atoms with Gasteiger partial charge in [-0.2, -0.15) is 0 Å². The first-order valence-electron chi connectivity index (χ1n) is 8.95. The summed E-state index contributed by atoms with van der Waals surface area (Å²) >= 11 is 0. The second-order valence-electron chi connectivity index (χ2n) is 6.61. The van der Waals surface area contributed by atoms with Crippen LogP contribution >= 0.6 is 0 Å². The molecule has 0 saturated heterocycles. The maximum atomic E-state index is 12.3. The van der Waals surface area contributed by atoms with Crippen LogP contribution in [0.2, 0.25) is 0 Å². The van der Waals surface area contributed by atoms with Gasteiger partial charge in [0.1, 0.15) is 0 Å². The van der Waals surface area contributed by atoms with Crippen molar-refractivity contribution in [3.63, 3.8) is 0 Å². The average Bonchev–Trinajstić information content (AvgIpc) is 2.98. The zero-order valence-electron chi connectivity index (χ0n) is 15.6. The van der Waals surface area contributed by atoms with Gasteiger partial charge in [0.15, 0.2) is 0 Å². The summed E-state index contributed by atoms with van der Waals surface area (Å²) in [6.07, 6.45) is 3.34. The molecule has 0 aliphatic carbocycles. The van der Waals surface area contributed by atoms with Gasteiger partial charge in [-0.25, -0.2) is 4.99 Å². The van der Waals surface area contributed by atoms with Crippen LogP contribution in [0.25, 0.3) is 10.9 Å². The van der Waals surface area contributed by atoms with Crippen LogP contribution in [0.5, 0.6) is 5.88 Å². The Kier molecular flexibility index (Phi) is 4.49. The molecule has 0 saturated carbocycles. The van der Waals surface area contributed by atoms with E-state index in [0.29, 0.717) is 22.5 Å². The Morgan fingerprint density at radius 2 is 1.75 bits per heavy atom. The largest absolute Gasteiger partial charge is 0.494 e. The van der Waals surface area contributed by atoms with Gasteiger partial charge in [-0.1, -0.05) is 42.5 Å². The van der Waals surface area contributed by atoms with E-state index in [1.165, 1.54) is 11.5 Å². The van der Waals surface area contributed by atoms with Crippen LogP contribution in [0.4, 0.5) is 5.69 Å². The van der Waals surface area contributed by atoms with Gasteiger partial charge < -0.3 is 5.11 Å². The van der Waals surface area contributed by atoms with E-state index in [9.17, 15) is 9.90 Å². The molecule has 2 aromatic carbocycles. The lowest BCUT2D eigenvalue weighted by Gasteiger charge is -2.08. The lowest BCUT2D eigenvalue weighted by Crippen LogP contribution is -2.06. The maximum absolute atomic E-state index is 12.3. The molecule has 0 fully saturated rings. The molecule has 5 nitrogen and oxygen atoms in total. The topological polar surface area (TPSA) is 67.5 Å². The predicted molar refractivity (Wildman–Crippen MR) is 111 cm³/mol. The number of nitrogens with zero attached hydrogens (tertiary/aromatic N) is 3. The Hall–Kier alpha value is -3.73. The summed E-state index contributed by atoms with van der Waals surface area (Å²) in [5, 5.41) is 11.8. The van der Waals surface area contributed by atoms with E-state index in [1.54, 1.807) is 24.5 Å². The molecule has 0 atom stereocenters. The molecule has 2 aromatic heterocycles. The van der Waals surface area contributed by atoms with Crippen LogP contribution in [0.1, 0.15) is 28.4 Å². The molecule has 1 N–H and O–H groups in total. The fraction of sp³-hybridized carbons (Fsp3) is 0.0870. The Bertz CT molecular complexity index is 1190. The minimum absolute atomic E-state index is 0.107. The number of aliphatic imine (C=N–C) groups is 1. The summed E-state index contributed by atoms with van der Waals surface area (Å²) < 4.78 is 1.34. The molecule has 0 aliphatic rings. The molecule has 4 aromatic rings. The monoisotopic (exact) mass is 369 g/mol. The van der Waals surface area contributed by atoms with E-state index in [0.717, 1.165) is 16.5 Å². The number of aromatic hydroxyl groups is 1. The number of benzene rings is 2. The zero-order chi connectivity index (χ0) is 19.7. The van der Waals surface area contributed by atoms with Crippen LogP contribution in [-0.2, 0) is 0 Å². The fourth-order valence-corrected chi connectivity index (χ4v) is 3.35. The summed E-state index contributed by atoms with van der Waals surface area (Å²) in [6, 6.07) is 19.0. The van der Waals surface area contributed by atoms with E-state index in [4.69, 9.17) is 4.99 Å². The van der Waals surface area contributed by atoms with Crippen molar-refractivity contribution in [2.75, 3.05) is 0 Å². The van der Waals surface area contributed by atoms with Crippen molar-refractivity contribution in [1.29, 1.82) is 0 Å². The molecule has 2 heterocycles. The summed E-state index contributed by atoms with van der Waals surface area (Å²) in [6.45, 7) is 3.39. The van der Waals surface area contributed by atoms with Gasteiger partial charge in [0.05, 0.1) is 22.5 Å². The Morgan fingerprint density at radius 3 is 2.43 bits per heavy atom. The van der Waals surface area contributed by atoms with Crippen LogP contribution in [0.15, 0.2) is 78.0 Å². The Balaban J connectivity index is 2.08. The Labute approximate surface area is 162 Å². The first-order valence-corrected chi connectivity index (χ1v) is 8.95. The highest BCUT2D eigenvalue weighted by Crippen LogP contribution is 2.35. The number of aromatic nitrogens is 2. The van der Waals surface area contributed by atoms with Gasteiger partial charge in [-0.3, -0.25) is 14.3 Å². The van der Waals surface area contributed by atoms with E-state index < -0.39 is 0 Å². The minimum Gasteiger partial charge on any atom is -0.494 e. The van der Waals surface area contributed by atoms with E-state index >= 15 is 0 Å². The van der Waals surface area contributed by atoms with Crippen molar-refractivity contribution in [3.8, 4) is 5.88 Å². The number of fused-ring (bicyclic) bond motifs is 1. The molecule has 0 bridgehead atoms. The zero-order valence-corrected chi connectivity index (χ0v) is 15.6. The lowest BCUT2D eigenvalue weighted by atomic mass is 10.0. The predicted octanol–water partition coefficient (Wildman–Crippen LogP) is 4.88. The lowest BCUT2D eigenvalue weighted by molar-refractivity contribution is 0.0933. The molecular weight excluding hydrogens is 350 g/mol. The van der Waals surface area contributed by atoms with E-state index in [1.807, 2.05) is 55.5 Å². The summed E-state index contributed by atoms with van der Waals surface area (Å²) in [5.74, 6) is -0.361. The van der Waals surface area contributed by atoms with Crippen LogP contribution in [-0.4, -0.2) is 26.3 Å². The fourth-order valence-electron chi connectivity index (χ4n) is 3.35. The van der Waals surface area contributed by atoms with Crippen molar-refractivity contribution in [2.24, 2.45) is 4.99 Å². The third-order valence-corrected chi connectivity index (χ3v) is 4.60. The molecule has 0 amide bonds. The summed E-state index contributed by atoms with van der Waals surface area (Å²) in [4.78, 5) is 21.1. The average molecular weight is 369 g/mol. The molecule has 0 unspecified atom stereocenters. The van der Waals surface area contributed by atoms with Gasteiger partial charge in [0.25, 0.3) is 0 Å². The first kappa shape index (κ1) is 17.7. The highest BCUT2D eigenvalue weighted by Gasteiger charge is 2.24. The first-order chi connectivity index (χ1) is 13.6. The van der Waals surface area contributed by atoms with Crippen LogP contribution in [0.3, 0.4) is 0 Å². The number of pyridine rings is 1. The number of hydrogen-bond donors (Lipinski definition) is 1. The van der Waals surface area contributed by atoms with Crippen LogP contribution in [0, 0.1) is 6.92 Å². The van der Waals surface area contributed by atoms with Crippen molar-refractivity contribution < 1.29 is 9.90 Å². The quantitative estimate of drug-likeness (QED) is 0.523. The standard InChI is InChI=1S/C23H19N3O2/c1-15-8-9-19-20(14-15)26(16(2)27)23(28)21(19)22(17-6-4-3-5-7-17)25-18-10-12-24-13-11-18/h3-14,28H,1-2H3. The molecule has 138 valence electrons. The number of aryl methyl sites for hydroxylation is 1.